The van der Waals surface area contributed by atoms with Gasteiger partial charge in [-0.1, -0.05) is 135 Å². The molecule has 9 rings (SSSR count). The van der Waals surface area contributed by atoms with E-state index >= 15 is 0 Å². The molecule has 1 saturated carbocycles. The molecule has 1 aliphatic rings. The van der Waals surface area contributed by atoms with Crippen molar-refractivity contribution in [2.45, 2.75) is 38.0 Å². The lowest BCUT2D eigenvalue weighted by molar-refractivity contribution is 0.445. The molecule has 2 nitrogen and oxygen atoms in total. The molecule has 2 heteroatoms. The van der Waals surface area contributed by atoms with Crippen LogP contribution in [0.15, 0.2) is 162 Å². The first-order chi connectivity index (χ1) is 23.8. The van der Waals surface area contributed by atoms with Gasteiger partial charge in [-0.2, -0.15) is 0 Å². The van der Waals surface area contributed by atoms with Crippen LogP contribution in [-0.2, 0) is 0 Å². The number of hydrogen-bond donors (Lipinski definition) is 0. The van der Waals surface area contributed by atoms with Gasteiger partial charge in [0.2, 0.25) is 0 Å². The van der Waals surface area contributed by atoms with Crippen LogP contribution in [0.2, 0.25) is 0 Å². The van der Waals surface area contributed by atoms with E-state index in [9.17, 15) is 0 Å². The summed E-state index contributed by atoms with van der Waals surface area (Å²) >= 11 is 0. The average Bonchev–Trinajstić information content (AvgIpc) is 3.54. The van der Waals surface area contributed by atoms with E-state index in [1.165, 1.54) is 70.7 Å². The molecule has 0 atom stereocenters. The smallest absolute Gasteiger partial charge is 0.137 e. The number of rotatable bonds is 6. The molecule has 0 spiro atoms. The molecule has 0 N–H and O–H groups in total. The monoisotopic (exact) mass is 619 g/mol. The number of furan rings is 1. The minimum Gasteiger partial charge on any atom is -0.456 e. The van der Waals surface area contributed by atoms with Gasteiger partial charge in [-0.15, -0.1) is 0 Å². The molecule has 8 aromatic rings. The van der Waals surface area contributed by atoms with Crippen molar-refractivity contribution >= 4 is 49.8 Å². The van der Waals surface area contributed by atoms with Crippen LogP contribution in [0, 0.1) is 0 Å². The highest BCUT2D eigenvalue weighted by Gasteiger charge is 2.23. The normalized spacial score (nSPS) is 13.8. The Morgan fingerprint density at radius 3 is 2.00 bits per heavy atom. The fourth-order valence-electron chi connectivity index (χ4n) is 7.96. The van der Waals surface area contributed by atoms with Gasteiger partial charge in [-0.3, -0.25) is 0 Å². The van der Waals surface area contributed by atoms with Gasteiger partial charge in [-0.25, -0.2) is 0 Å². The molecule has 0 unspecified atom stereocenters. The largest absolute Gasteiger partial charge is 0.456 e. The van der Waals surface area contributed by atoms with Crippen molar-refractivity contribution in [3.63, 3.8) is 0 Å². The Kier molecular flexibility index (Phi) is 7.28. The van der Waals surface area contributed by atoms with E-state index in [0.29, 0.717) is 5.92 Å². The maximum atomic E-state index is 6.42. The Bertz CT molecular complexity index is 2370. The number of benzene rings is 7. The van der Waals surface area contributed by atoms with Crippen LogP contribution >= 0.6 is 0 Å². The lowest BCUT2D eigenvalue weighted by Crippen LogP contribution is -2.11. The van der Waals surface area contributed by atoms with Gasteiger partial charge < -0.3 is 9.32 Å². The van der Waals surface area contributed by atoms with Crippen LogP contribution in [0.3, 0.4) is 0 Å². The van der Waals surface area contributed by atoms with Crippen LogP contribution in [0.25, 0.3) is 55.0 Å². The number of fused-ring (bicyclic) bond motifs is 4. The average molecular weight is 620 g/mol. The van der Waals surface area contributed by atoms with Crippen molar-refractivity contribution in [3.8, 4) is 22.3 Å². The molecule has 0 radical (unpaired) electrons. The van der Waals surface area contributed by atoms with Gasteiger partial charge in [0.25, 0.3) is 0 Å². The summed E-state index contributed by atoms with van der Waals surface area (Å²) in [5.41, 5.74) is 11.5. The molecule has 232 valence electrons. The number of nitrogens with zero attached hydrogens (tertiary/aromatic N) is 1. The molecule has 0 amide bonds. The van der Waals surface area contributed by atoms with Gasteiger partial charge in [0, 0.05) is 33.8 Å². The van der Waals surface area contributed by atoms with E-state index in [1.807, 2.05) is 6.07 Å². The van der Waals surface area contributed by atoms with Gasteiger partial charge in [-0.05, 0) is 88.2 Å². The van der Waals surface area contributed by atoms with Crippen LogP contribution < -0.4 is 4.90 Å². The number of hydrogen-bond acceptors (Lipinski definition) is 2. The summed E-state index contributed by atoms with van der Waals surface area (Å²) < 4.78 is 6.42. The maximum absolute atomic E-state index is 6.42. The van der Waals surface area contributed by atoms with Crippen molar-refractivity contribution in [3.05, 3.63) is 163 Å². The predicted molar refractivity (Wildman–Crippen MR) is 203 cm³/mol. The molecular formula is C46H37NO. The van der Waals surface area contributed by atoms with Gasteiger partial charge in [0.05, 0.1) is 5.69 Å². The number of anilines is 3. The molecule has 1 aromatic heterocycles. The van der Waals surface area contributed by atoms with E-state index in [-0.39, 0.29) is 0 Å². The zero-order chi connectivity index (χ0) is 31.9. The Morgan fingerprint density at radius 1 is 0.479 bits per heavy atom. The maximum Gasteiger partial charge on any atom is 0.137 e. The lowest BCUT2D eigenvalue weighted by atomic mass is 9.80. The second kappa shape index (κ2) is 12.2. The first kappa shape index (κ1) is 28.6. The van der Waals surface area contributed by atoms with Gasteiger partial charge >= 0.3 is 0 Å². The van der Waals surface area contributed by atoms with Crippen molar-refractivity contribution in [1.82, 2.24) is 0 Å². The summed E-state index contributed by atoms with van der Waals surface area (Å²) in [5.74, 6) is 0.605. The Balaban J connectivity index is 1.25. The van der Waals surface area contributed by atoms with Gasteiger partial charge in [0.1, 0.15) is 11.2 Å². The Hall–Kier alpha value is -5.60. The topological polar surface area (TPSA) is 16.4 Å². The third-order valence-electron chi connectivity index (χ3n) is 10.3. The molecular weight excluding hydrogens is 583 g/mol. The first-order valence-electron chi connectivity index (χ1n) is 17.3. The third-order valence-corrected chi connectivity index (χ3v) is 10.3. The van der Waals surface area contributed by atoms with Crippen molar-refractivity contribution < 1.29 is 4.42 Å². The summed E-state index contributed by atoms with van der Waals surface area (Å²) in [4.78, 5) is 2.40. The highest BCUT2D eigenvalue weighted by Crippen LogP contribution is 2.46. The minimum atomic E-state index is 0.605. The summed E-state index contributed by atoms with van der Waals surface area (Å²) in [6.45, 7) is 0. The standard InChI is InChI=1S/C46H37NO/c1-3-13-32(14-4-1)33-25-27-36(28-26-33)47(37-29-30-41-40-20-8-10-24-44(40)48-45(41)31-37)43-23-9-7-19-39(43)42-22-12-18-35-17-11-21-38(46(35)42)34-15-5-2-6-16-34/h1,3-4,7-14,17-31,34H,2,5-6,15-16H2. The molecule has 0 saturated heterocycles. The van der Waals surface area contributed by atoms with Crippen molar-refractivity contribution in [1.29, 1.82) is 0 Å². The fraction of sp³-hybridized carbons (Fsp3) is 0.130. The van der Waals surface area contributed by atoms with E-state index in [1.54, 1.807) is 0 Å². The fourth-order valence-corrected chi connectivity index (χ4v) is 7.96. The molecule has 1 fully saturated rings. The summed E-state index contributed by atoms with van der Waals surface area (Å²) in [7, 11) is 0. The third kappa shape index (κ3) is 5.05. The Morgan fingerprint density at radius 2 is 1.15 bits per heavy atom. The highest BCUT2D eigenvalue weighted by atomic mass is 16.3. The summed E-state index contributed by atoms with van der Waals surface area (Å²) in [6.07, 6.45) is 6.53. The zero-order valence-corrected chi connectivity index (χ0v) is 27.0. The van der Waals surface area contributed by atoms with Crippen LogP contribution in [0.5, 0.6) is 0 Å². The molecule has 0 bridgehead atoms. The SMILES string of the molecule is c1ccc(-c2ccc(N(c3ccc4c(c3)oc3ccccc34)c3ccccc3-c3cccc4cccc(C5CCCCC5)c34)cc2)cc1. The van der Waals surface area contributed by atoms with Crippen LogP contribution in [-0.4, -0.2) is 0 Å². The highest BCUT2D eigenvalue weighted by molar-refractivity contribution is 6.07. The van der Waals surface area contributed by atoms with Crippen LogP contribution in [0.1, 0.15) is 43.6 Å². The second-order valence-corrected chi connectivity index (χ2v) is 13.1. The molecule has 1 heterocycles. The quantitative estimate of drug-likeness (QED) is 0.184. The van der Waals surface area contributed by atoms with E-state index < -0.39 is 0 Å². The predicted octanol–water partition coefficient (Wildman–Crippen LogP) is 13.6. The summed E-state index contributed by atoms with van der Waals surface area (Å²) in [6, 6.07) is 57.2. The van der Waals surface area contributed by atoms with Gasteiger partial charge in [0.15, 0.2) is 0 Å². The van der Waals surface area contributed by atoms with Crippen molar-refractivity contribution in [2.75, 3.05) is 4.90 Å². The zero-order valence-electron chi connectivity index (χ0n) is 27.0. The molecule has 7 aromatic carbocycles. The van der Waals surface area contributed by atoms with E-state index in [2.05, 4.69) is 157 Å². The van der Waals surface area contributed by atoms with E-state index in [4.69, 9.17) is 4.42 Å². The van der Waals surface area contributed by atoms with E-state index in [0.717, 1.165) is 39.0 Å². The van der Waals surface area contributed by atoms with Crippen LogP contribution in [0.4, 0.5) is 17.1 Å². The summed E-state index contributed by atoms with van der Waals surface area (Å²) in [5, 5.41) is 4.98. The second-order valence-electron chi connectivity index (χ2n) is 13.1. The molecule has 0 aliphatic heterocycles. The minimum absolute atomic E-state index is 0.605. The Labute approximate surface area is 281 Å². The lowest BCUT2D eigenvalue weighted by Gasteiger charge is -2.29. The first-order valence-corrected chi connectivity index (χ1v) is 17.3. The van der Waals surface area contributed by atoms with Crippen molar-refractivity contribution in [2.24, 2.45) is 0 Å². The molecule has 1 aliphatic carbocycles. The number of para-hydroxylation sites is 2. The molecule has 48 heavy (non-hydrogen) atoms.